The highest BCUT2D eigenvalue weighted by Gasteiger charge is 2.33. The van der Waals surface area contributed by atoms with E-state index in [1.807, 2.05) is 18.2 Å². The summed E-state index contributed by atoms with van der Waals surface area (Å²) in [6.07, 6.45) is 8.55. The highest BCUT2D eigenvalue weighted by Crippen LogP contribution is 2.35. The van der Waals surface area contributed by atoms with Gasteiger partial charge in [0, 0.05) is 24.6 Å². The molecule has 0 radical (unpaired) electrons. The summed E-state index contributed by atoms with van der Waals surface area (Å²) in [4.78, 5) is 30.3. The van der Waals surface area contributed by atoms with Crippen LogP contribution in [0.15, 0.2) is 23.2 Å². The van der Waals surface area contributed by atoms with Gasteiger partial charge in [-0.1, -0.05) is 18.9 Å². The number of piperidine rings is 1. The number of fused-ring (bicyclic) bond motifs is 2. The van der Waals surface area contributed by atoms with Gasteiger partial charge in [-0.15, -0.1) is 0 Å². The summed E-state index contributed by atoms with van der Waals surface area (Å²) in [6.45, 7) is 1.81. The fourth-order valence-electron chi connectivity index (χ4n) is 5.17. The van der Waals surface area contributed by atoms with E-state index in [1.54, 1.807) is 4.90 Å². The summed E-state index contributed by atoms with van der Waals surface area (Å²) >= 11 is 0. The first-order valence-corrected chi connectivity index (χ1v) is 12.0. The number of carbonyl (C=O) groups excluding carboxylic acids is 2. The largest absolute Gasteiger partial charge is 0.493 e. The van der Waals surface area contributed by atoms with Crippen molar-refractivity contribution in [3.63, 3.8) is 0 Å². The van der Waals surface area contributed by atoms with Crippen molar-refractivity contribution in [1.82, 2.24) is 15.3 Å². The van der Waals surface area contributed by atoms with E-state index in [1.165, 1.54) is 39.2 Å². The summed E-state index contributed by atoms with van der Waals surface area (Å²) in [5, 5.41) is 2.20. The van der Waals surface area contributed by atoms with Gasteiger partial charge in [0.25, 0.3) is 0 Å². The molecule has 4 rings (SSSR count). The van der Waals surface area contributed by atoms with Gasteiger partial charge in [0.05, 0.1) is 25.9 Å². The third-order valence-electron chi connectivity index (χ3n) is 6.88. The number of guanidine groups is 1. The molecular formula is C24H35N5O4. The Kier molecular flexibility index (Phi) is 7.69. The summed E-state index contributed by atoms with van der Waals surface area (Å²) in [5.41, 5.74) is 10.8. The SMILES string of the molecule is COC(=O)CN1Cc2c(cccc2OCCCC(=O)NN2CCCC3CCCCC32)N=C1N. The van der Waals surface area contributed by atoms with E-state index in [9.17, 15) is 9.59 Å². The summed E-state index contributed by atoms with van der Waals surface area (Å²) < 4.78 is 10.7. The van der Waals surface area contributed by atoms with Crippen LogP contribution < -0.4 is 15.9 Å². The number of methoxy groups -OCH3 is 1. The number of nitrogens with one attached hydrogen (secondary N) is 1. The van der Waals surface area contributed by atoms with Crippen LogP contribution in [-0.4, -0.2) is 60.6 Å². The second-order valence-corrected chi connectivity index (χ2v) is 9.09. The lowest BCUT2D eigenvalue weighted by molar-refractivity contribution is -0.141. The molecule has 2 unspecified atom stereocenters. The fourth-order valence-corrected chi connectivity index (χ4v) is 5.17. The minimum atomic E-state index is -0.380. The number of esters is 1. The summed E-state index contributed by atoms with van der Waals surface area (Å²) in [5.74, 6) is 1.38. The number of hydrogen-bond donors (Lipinski definition) is 2. The number of nitrogens with two attached hydrogens (primary N) is 1. The number of aliphatic imine (C=N–C) groups is 1. The van der Waals surface area contributed by atoms with Crippen LogP contribution in [0.2, 0.25) is 0 Å². The van der Waals surface area contributed by atoms with Crippen LogP contribution in [0.5, 0.6) is 5.75 Å². The number of nitrogens with zero attached hydrogens (tertiary/aromatic N) is 3. The second kappa shape index (κ2) is 10.9. The molecule has 2 atom stereocenters. The molecule has 3 N–H and O–H groups in total. The minimum absolute atomic E-state index is 0.0259. The van der Waals surface area contributed by atoms with Crippen molar-refractivity contribution in [1.29, 1.82) is 0 Å². The Hall–Kier alpha value is -2.81. The average molecular weight is 458 g/mol. The molecule has 0 aromatic heterocycles. The topological polar surface area (TPSA) is 109 Å². The lowest BCUT2D eigenvalue weighted by atomic mass is 9.79. The van der Waals surface area contributed by atoms with Gasteiger partial charge < -0.3 is 20.1 Å². The molecule has 0 bridgehead atoms. The highest BCUT2D eigenvalue weighted by atomic mass is 16.5. The van der Waals surface area contributed by atoms with Crippen LogP contribution >= 0.6 is 0 Å². The molecule has 1 aromatic carbocycles. The van der Waals surface area contributed by atoms with E-state index in [0.29, 0.717) is 37.8 Å². The molecule has 180 valence electrons. The fraction of sp³-hybridized carbons (Fsp3) is 0.625. The van der Waals surface area contributed by atoms with Gasteiger partial charge in [0.2, 0.25) is 5.91 Å². The van der Waals surface area contributed by atoms with Crippen molar-refractivity contribution >= 4 is 23.5 Å². The predicted molar refractivity (Wildman–Crippen MR) is 125 cm³/mol. The number of ether oxygens (including phenoxy) is 2. The maximum absolute atomic E-state index is 12.5. The van der Waals surface area contributed by atoms with Crippen molar-refractivity contribution in [2.75, 3.05) is 26.8 Å². The first-order chi connectivity index (χ1) is 16.0. The number of hydrazine groups is 1. The van der Waals surface area contributed by atoms with E-state index in [0.717, 1.165) is 30.1 Å². The van der Waals surface area contributed by atoms with Crippen LogP contribution in [-0.2, 0) is 20.9 Å². The van der Waals surface area contributed by atoms with Crippen LogP contribution in [0.3, 0.4) is 0 Å². The zero-order valence-electron chi connectivity index (χ0n) is 19.4. The van der Waals surface area contributed by atoms with Crippen molar-refractivity contribution in [2.24, 2.45) is 16.6 Å². The van der Waals surface area contributed by atoms with E-state index < -0.39 is 0 Å². The lowest BCUT2D eigenvalue weighted by Crippen LogP contribution is -2.55. The van der Waals surface area contributed by atoms with E-state index in [4.69, 9.17) is 15.2 Å². The molecule has 9 nitrogen and oxygen atoms in total. The zero-order chi connectivity index (χ0) is 23.2. The van der Waals surface area contributed by atoms with Gasteiger partial charge in [0.15, 0.2) is 5.96 Å². The Bertz CT molecular complexity index is 888. The molecule has 0 spiro atoms. The number of carbonyl (C=O) groups is 2. The van der Waals surface area contributed by atoms with Gasteiger partial charge in [0.1, 0.15) is 12.3 Å². The Balaban J connectivity index is 1.26. The van der Waals surface area contributed by atoms with Crippen LogP contribution in [0.25, 0.3) is 0 Å². The minimum Gasteiger partial charge on any atom is -0.493 e. The molecule has 3 aliphatic rings. The Morgan fingerprint density at radius 2 is 2.03 bits per heavy atom. The van der Waals surface area contributed by atoms with Crippen molar-refractivity contribution in [2.45, 2.75) is 64.0 Å². The molecule has 1 aliphatic carbocycles. The average Bonchev–Trinajstić information content (AvgIpc) is 2.82. The molecule has 2 heterocycles. The van der Waals surface area contributed by atoms with E-state index in [-0.39, 0.29) is 24.4 Å². The molecule has 33 heavy (non-hydrogen) atoms. The second-order valence-electron chi connectivity index (χ2n) is 9.09. The lowest BCUT2D eigenvalue weighted by Gasteiger charge is -2.43. The Morgan fingerprint density at radius 1 is 1.21 bits per heavy atom. The molecule has 1 saturated carbocycles. The van der Waals surface area contributed by atoms with E-state index in [2.05, 4.69) is 15.4 Å². The third kappa shape index (κ3) is 5.76. The summed E-state index contributed by atoms with van der Waals surface area (Å²) in [7, 11) is 1.34. The summed E-state index contributed by atoms with van der Waals surface area (Å²) in [6, 6.07) is 6.12. The van der Waals surface area contributed by atoms with Crippen LogP contribution in [0, 0.1) is 5.92 Å². The zero-order valence-corrected chi connectivity index (χ0v) is 19.4. The number of rotatable bonds is 8. The van der Waals surface area contributed by atoms with Gasteiger partial charge in [-0.05, 0) is 50.2 Å². The molecule has 1 amide bonds. The van der Waals surface area contributed by atoms with Crippen molar-refractivity contribution in [3.05, 3.63) is 23.8 Å². The van der Waals surface area contributed by atoms with Crippen LogP contribution in [0.1, 0.15) is 56.9 Å². The smallest absolute Gasteiger partial charge is 0.325 e. The molecule has 2 fully saturated rings. The molecule has 9 heteroatoms. The maximum atomic E-state index is 12.5. The Morgan fingerprint density at radius 3 is 2.88 bits per heavy atom. The van der Waals surface area contributed by atoms with Gasteiger partial charge in [-0.3, -0.25) is 15.0 Å². The van der Waals surface area contributed by atoms with Gasteiger partial charge >= 0.3 is 5.97 Å². The monoisotopic (exact) mass is 457 g/mol. The highest BCUT2D eigenvalue weighted by molar-refractivity contribution is 5.87. The first-order valence-electron chi connectivity index (χ1n) is 12.0. The van der Waals surface area contributed by atoms with Crippen molar-refractivity contribution < 1.29 is 19.1 Å². The van der Waals surface area contributed by atoms with Gasteiger partial charge in [-0.25, -0.2) is 10.0 Å². The number of amides is 1. The third-order valence-corrected chi connectivity index (χ3v) is 6.88. The normalized spacial score (nSPS) is 22.6. The van der Waals surface area contributed by atoms with E-state index >= 15 is 0 Å². The molecule has 1 aromatic rings. The van der Waals surface area contributed by atoms with Crippen molar-refractivity contribution in [3.8, 4) is 5.75 Å². The molecule has 2 aliphatic heterocycles. The molecular weight excluding hydrogens is 422 g/mol. The standard InChI is InChI=1S/C24H35N5O4/c1-32-23(31)16-28-15-18-19(26-24(28)25)9-4-11-21(18)33-14-6-12-22(30)27-29-13-5-8-17-7-2-3-10-20(17)29/h4,9,11,17,20H,2-3,5-8,10,12-16H2,1H3,(H2,25,26)(H,27,30). The Labute approximate surface area is 195 Å². The van der Waals surface area contributed by atoms with Gasteiger partial charge in [-0.2, -0.15) is 0 Å². The number of benzene rings is 1. The molecule has 1 saturated heterocycles. The first kappa shape index (κ1) is 23.4. The number of hydrogen-bond acceptors (Lipinski definition) is 8. The predicted octanol–water partition coefficient (Wildman–Crippen LogP) is 2.47. The van der Waals surface area contributed by atoms with Crippen LogP contribution in [0.4, 0.5) is 5.69 Å². The quantitative estimate of drug-likeness (QED) is 0.456. The maximum Gasteiger partial charge on any atom is 0.325 e.